The first-order valence-corrected chi connectivity index (χ1v) is 5.88. The lowest BCUT2D eigenvalue weighted by Crippen LogP contribution is -2.40. The molecule has 1 aromatic carbocycles. The molecule has 0 saturated carbocycles. The van der Waals surface area contributed by atoms with Gasteiger partial charge in [0.25, 0.3) is 0 Å². The molecule has 0 aromatic heterocycles. The number of halogens is 1. The van der Waals surface area contributed by atoms with Gasteiger partial charge in [0.15, 0.2) is 0 Å². The molecule has 1 saturated heterocycles. The topological polar surface area (TPSA) is 76.8 Å². The van der Waals surface area contributed by atoms with E-state index in [0.29, 0.717) is 26.3 Å². The van der Waals surface area contributed by atoms with Gasteiger partial charge in [0, 0.05) is 18.8 Å². The first kappa shape index (κ1) is 13.6. The number of carbonyl (C=O) groups is 1. The number of hydrogen-bond donors (Lipinski definition) is 2. The number of rotatable bonds is 3. The van der Waals surface area contributed by atoms with Crippen LogP contribution in [0.3, 0.4) is 0 Å². The van der Waals surface area contributed by atoms with E-state index in [1.807, 2.05) is 5.01 Å². The molecule has 3 N–H and O–H groups in total. The fourth-order valence-electron chi connectivity index (χ4n) is 1.81. The van der Waals surface area contributed by atoms with Crippen LogP contribution in [0.15, 0.2) is 12.1 Å². The Kier molecular flexibility index (Phi) is 4.18. The molecule has 2 rings (SSSR count). The quantitative estimate of drug-likeness (QED) is 0.626. The smallest absolute Gasteiger partial charge is 0.340 e. The van der Waals surface area contributed by atoms with E-state index >= 15 is 0 Å². The van der Waals surface area contributed by atoms with Crippen molar-refractivity contribution >= 4 is 17.3 Å². The normalized spacial score (nSPS) is 16.1. The van der Waals surface area contributed by atoms with Crippen molar-refractivity contribution < 1.29 is 18.7 Å². The molecule has 0 bridgehead atoms. The summed E-state index contributed by atoms with van der Waals surface area (Å²) in [6.07, 6.45) is 0. The molecule has 1 aromatic rings. The van der Waals surface area contributed by atoms with Gasteiger partial charge in [0.2, 0.25) is 0 Å². The molecule has 1 heterocycles. The average molecular weight is 269 g/mol. The summed E-state index contributed by atoms with van der Waals surface area (Å²) in [7, 11) is 1.25. The van der Waals surface area contributed by atoms with Crippen molar-refractivity contribution in [2.75, 3.05) is 44.6 Å². The molecule has 0 spiro atoms. The Balaban J connectivity index is 2.21. The summed E-state index contributed by atoms with van der Waals surface area (Å²) < 4.78 is 23.6. The van der Waals surface area contributed by atoms with Crippen LogP contribution in [-0.4, -0.2) is 44.4 Å². The average Bonchev–Trinajstić information content (AvgIpc) is 2.42. The summed E-state index contributed by atoms with van der Waals surface area (Å²) in [5, 5.41) is 1.82. The molecule has 0 amide bonds. The van der Waals surface area contributed by atoms with Crippen LogP contribution < -0.4 is 11.2 Å². The van der Waals surface area contributed by atoms with E-state index < -0.39 is 11.8 Å². The molecule has 0 radical (unpaired) electrons. The van der Waals surface area contributed by atoms with E-state index in [0.717, 1.165) is 6.07 Å². The Bertz CT molecular complexity index is 476. The number of nitrogen functional groups attached to an aromatic ring is 1. The van der Waals surface area contributed by atoms with Crippen LogP contribution in [0.1, 0.15) is 10.4 Å². The fourth-order valence-corrected chi connectivity index (χ4v) is 1.81. The molecule has 1 fully saturated rings. The van der Waals surface area contributed by atoms with Crippen LogP contribution in [0.25, 0.3) is 0 Å². The maximum Gasteiger partial charge on any atom is 0.340 e. The highest BCUT2D eigenvalue weighted by Crippen LogP contribution is 2.23. The third-order valence-corrected chi connectivity index (χ3v) is 2.83. The summed E-state index contributed by atoms with van der Waals surface area (Å²) >= 11 is 0. The predicted molar refractivity (Wildman–Crippen MR) is 68.2 cm³/mol. The zero-order valence-corrected chi connectivity index (χ0v) is 10.6. The van der Waals surface area contributed by atoms with Crippen molar-refractivity contribution in [1.82, 2.24) is 5.01 Å². The van der Waals surface area contributed by atoms with Crippen molar-refractivity contribution in [3.8, 4) is 0 Å². The monoisotopic (exact) mass is 269 g/mol. The second-order valence-electron chi connectivity index (χ2n) is 4.12. The zero-order valence-electron chi connectivity index (χ0n) is 10.6. The van der Waals surface area contributed by atoms with Crippen LogP contribution in [0.2, 0.25) is 0 Å². The van der Waals surface area contributed by atoms with E-state index in [4.69, 9.17) is 10.5 Å². The summed E-state index contributed by atoms with van der Waals surface area (Å²) in [5.41, 5.74) is 8.89. The molecule has 19 heavy (non-hydrogen) atoms. The maximum absolute atomic E-state index is 13.8. The van der Waals surface area contributed by atoms with Gasteiger partial charge in [-0.25, -0.2) is 14.2 Å². The number of ether oxygens (including phenoxy) is 2. The van der Waals surface area contributed by atoms with Gasteiger partial charge in [-0.1, -0.05) is 0 Å². The molecule has 6 nitrogen and oxygen atoms in total. The molecule has 1 aliphatic heterocycles. The lowest BCUT2D eigenvalue weighted by Gasteiger charge is -2.28. The highest BCUT2D eigenvalue weighted by atomic mass is 19.1. The lowest BCUT2D eigenvalue weighted by atomic mass is 10.1. The van der Waals surface area contributed by atoms with E-state index in [9.17, 15) is 9.18 Å². The third-order valence-electron chi connectivity index (χ3n) is 2.83. The number of carbonyl (C=O) groups excluding carboxylic acids is 1. The van der Waals surface area contributed by atoms with Crippen LogP contribution in [0.5, 0.6) is 0 Å². The number of nitrogens with one attached hydrogen (secondary N) is 1. The van der Waals surface area contributed by atoms with Crippen LogP contribution in [0, 0.1) is 5.82 Å². The molecule has 7 heteroatoms. The second kappa shape index (κ2) is 5.85. The number of benzene rings is 1. The van der Waals surface area contributed by atoms with Gasteiger partial charge in [-0.2, -0.15) is 0 Å². The van der Waals surface area contributed by atoms with Crippen molar-refractivity contribution in [3.63, 3.8) is 0 Å². The Morgan fingerprint density at radius 2 is 2.16 bits per heavy atom. The van der Waals surface area contributed by atoms with Crippen molar-refractivity contribution in [2.24, 2.45) is 0 Å². The highest BCUT2D eigenvalue weighted by molar-refractivity contribution is 5.96. The van der Waals surface area contributed by atoms with E-state index in [2.05, 4.69) is 10.2 Å². The first-order chi connectivity index (χ1) is 9.11. The minimum Gasteiger partial charge on any atom is -0.465 e. The van der Waals surface area contributed by atoms with Gasteiger partial charge in [-0.15, -0.1) is 0 Å². The Morgan fingerprint density at radius 3 is 2.79 bits per heavy atom. The SMILES string of the molecule is COC(=O)c1cc(NN2CCOCC2)c(F)cc1N. The van der Waals surface area contributed by atoms with Crippen LogP contribution >= 0.6 is 0 Å². The zero-order chi connectivity index (χ0) is 13.8. The number of methoxy groups -OCH3 is 1. The van der Waals surface area contributed by atoms with Gasteiger partial charge in [0.05, 0.1) is 31.6 Å². The minimum atomic E-state index is -0.595. The number of hydrazine groups is 1. The Hall–Kier alpha value is -1.86. The summed E-state index contributed by atoms with van der Waals surface area (Å²) in [4.78, 5) is 11.5. The van der Waals surface area contributed by atoms with Gasteiger partial charge >= 0.3 is 5.97 Å². The van der Waals surface area contributed by atoms with Crippen molar-refractivity contribution in [2.45, 2.75) is 0 Å². The molecular formula is C12H16FN3O3. The Labute approximate surface area is 110 Å². The molecular weight excluding hydrogens is 253 g/mol. The minimum absolute atomic E-state index is 0.0527. The second-order valence-corrected chi connectivity index (χ2v) is 4.12. The number of anilines is 2. The molecule has 0 aliphatic carbocycles. The predicted octanol–water partition coefficient (Wildman–Crippen LogP) is 0.854. The summed E-state index contributed by atoms with van der Waals surface area (Å²) in [5.74, 6) is -1.11. The van der Waals surface area contributed by atoms with Gasteiger partial charge in [-0.3, -0.25) is 0 Å². The number of nitrogens with zero attached hydrogens (tertiary/aromatic N) is 1. The van der Waals surface area contributed by atoms with Crippen LogP contribution in [0.4, 0.5) is 15.8 Å². The van der Waals surface area contributed by atoms with Gasteiger partial charge in [0.1, 0.15) is 5.82 Å². The van der Waals surface area contributed by atoms with Crippen LogP contribution in [-0.2, 0) is 9.47 Å². The number of nitrogens with two attached hydrogens (primary N) is 1. The standard InChI is InChI=1S/C12H16FN3O3/c1-18-12(17)8-6-11(9(13)7-10(8)14)15-16-2-4-19-5-3-16/h6-7,15H,2-5,14H2,1H3. The number of morpholine rings is 1. The van der Waals surface area contributed by atoms with E-state index in [1.165, 1.54) is 13.2 Å². The largest absolute Gasteiger partial charge is 0.465 e. The third kappa shape index (κ3) is 3.12. The number of esters is 1. The van der Waals surface area contributed by atoms with Crippen molar-refractivity contribution in [1.29, 1.82) is 0 Å². The maximum atomic E-state index is 13.8. The molecule has 0 atom stereocenters. The van der Waals surface area contributed by atoms with Gasteiger partial charge in [-0.05, 0) is 12.1 Å². The molecule has 104 valence electrons. The summed E-state index contributed by atoms with van der Waals surface area (Å²) in [6.45, 7) is 2.43. The molecule has 1 aliphatic rings. The highest BCUT2D eigenvalue weighted by Gasteiger charge is 2.17. The Morgan fingerprint density at radius 1 is 1.47 bits per heavy atom. The van der Waals surface area contributed by atoms with Crippen molar-refractivity contribution in [3.05, 3.63) is 23.5 Å². The lowest BCUT2D eigenvalue weighted by molar-refractivity contribution is 0.0494. The van der Waals surface area contributed by atoms with E-state index in [1.54, 1.807) is 0 Å². The first-order valence-electron chi connectivity index (χ1n) is 5.88. The fraction of sp³-hybridized carbons (Fsp3) is 0.417. The summed E-state index contributed by atoms with van der Waals surface area (Å²) in [6, 6.07) is 2.46. The van der Waals surface area contributed by atoms with E-state index in [-0.39, 0.29) is 16.9 Å². The number of hydrogen-bond acceptors (Lipinski definition) is 6. The molecule has 0 unspecified atom stereocenters. The van der Waals surface area contributed by atoms with Gasteiger partial charge < -0.3 is 20.6 Å².